The smallest absolute Gasteiger partial charge is 0.234 e. The zero-order valence-electron chi connectivity index (χ0n) is 12.6. The van der Waals surface area contributed by atoms with Crippen molar-refractivity contribution in [1.29, 1.82) is 0 Å². The molecule has 116 valence electrons. The van der Waals surface area contributed by atoms with Crippen LogP contribution in [0.2, 0.25) is 0 Å². The third-order valence-corrected chi connectivity index (χ3v) is 4.01. The molecule has 7 heteroatoms. The number of oxime groups is 1. The first-order valence-corrected chi connectivity index (χ1v) is 6.98. The molecule has 0 saturated carbocycles. The van der Waals surface area contributed by atoms with Crippen LogP contribution in [-0.2, 0) is 9.53 Å². The molecule has 7 nitrogen and oxygen atoms in total. The lowest BCUT2D eigenvalue weighted by Crippen LogP contribution is -2.53. The Bertz CT molecular complexity index is 352. The number of ether oxygens (including phenoxy) is 1. The van der Waals surface area contributed by atoms with E-state index in [1.807, 2.05) is 7.05 Å². The van der Waals surface area contributed by atoms with Gasteiger partial charge in [-0.2, -0.15) is 0 Å². The van der Waals surface area contributed by atoms with Gasteiger partial charge in [-0.3, -0.25) is 4.79 Å². The normalized spacial score (nSPS) is 19.4. The Balaban J connectivity index is 2.61. The fraction of sp³-hybridized carbons (Fsp3) is 0.846. The van der Waals surface area contributed by atoms with Crippen LogP contribution >= 0.6 is 0 Å². The first kappa shape index (κ1) is 16.7. The number of carbonyl (C=O) groups excluding carboxylic acids is 1. The minimum Gasteiger partial charge on any atom is -0.409 e. The molecule has 1 fully saturated rings. The van der Waals surface area contributed by atoms with Gasteiger partial charge in [-0.1, -0.05) is 5.16 Å². The highest BCUT2D eigenvalue weighted by Gasteiger charge is 2.44. The molecule has 0 spiro atoms. The molecule has 0 aromatic carbocycles. The Hall–Kier alpha value is -1.34. The van der Waals surface area contributed by atoms with Crippen molar-refractivity contribution in [2.75, 3.05) is 33.4 Å². The number of carbonyl (C=O) groups is 1. The molecule has 1 aliphatic rings. The summed E-state index contributed by atoms with van der Waals surface area (Å²) in [6.07, 6.45) is 0.878. The molecule has 1 heterocycles. The maximum Gasteiger partial charge on any atom is 0.234 e. The van der Waals surface area contributed by atoms with Crippen LogP contribution in [0.3, 0.4) is 0 Å². The molecule has 1 amide bonds. The molecule has 0 bridgehead atoms. The summed E-state index contributed by atoms with van der Waals surface area (Å²) in [5, 5.41) is 14.9. The van der Waals surface area contributed by atoms with E-state index in [0.29, 0.717) is 38.6 Å². The van der Waals surface area contributed by atoms with E-state index in [4.69, 9.17) is 15.7 Å². The van der Waals surface area contributed by atoms with E-state index in [0.717, 1.165) is 6.54 Å². The Morgan fingerprint density at radius 1 is 1.50 bits per heavy atom. The van der Waals surface area contributed by atoms with Crippen LogP contribution in [0.25, 0.3) is 0 Å². The highest BCUT2D eigenvalue weighted by atomic mass is 16.5. The van der Waals surface area contributed by atoms with E-state index in [2.05, 4.69) is 29.2 Å². The van der Waals surface area contributed by atoms with Crippen LogP contribution < -0.4 is 11.1 Å². The van der Waals surface area contributed by atoms with Crippen molar-refractivity contribution < 1.29 is 14.7 Å². The summed E-state index contributed by atoms with van der Waals surface area (Å²) < 4.78 is 5.26. The van der Waals surface area contributed by atoms with Gasteiger partial charge in [0.1, 0.15) is 5.41 Å². The summed E-state index contributed by atoms with van der Waals surface area (Å²) in [6, 6.07) is 0.424. The molecule has 0 aromatic heterocycles. The van der Waals surface area contributed by atoms with Gasteiger partial charge in [0, 0.05) is 32.3 Å². The lowest BCUT2D eigenvalue weighted by Gasteiger charge is -2.34. The monoisotopic (exact) mass is 286 g/mol. The van der Waals surface area contributed by atoms with Crippen molar-refractivity contribution in [2.24, 2.45) is 16.3 Å². The Kier molecular flexibility index (Phi) is 6.22. The molecule has 20 heavy (non-hydrogen) atoms. The maximum atomic E-state index is 12.4. The fourth-order valence-electron chi connectivity index (χ4n) is 2.19. The predicted octanol–water partition coefficient (Wildman–Crippen LogP) is -0.0140. The lowest BCUT2D eigenvalue weighted by molar-refractivity contribution is -0.131. The van der Waals surface area contributed by atoms with Crippen molar-refractivity contribution in [3.63, 3.8) is 0 Å². The molecule has 1 rings (SSSR count). The zero-order valence-corrected chi connectivity index (χ0v) is 12.6. The van der Waals surface area contributed by atoms with Crippen molar-refractivity contribution in [3.05, 3.63) is 0 Å². The van der Waals surface area contributed by atoms with Gasteiger partial charge in [-0.05, 0) is 33.7 Å². The predicted molar refractivity (Wildman–Crippen MR) is 76.7 cm³/mol. The number of amides is 1. The standard InChI is InChI=1S/C13H26N4O3/c1-10(2)17(3)7-6-15-12(18)13(11(14)16-19)4-8-20-9-5-13/h10,19H,4-9H2,1-3H3,(H2,14,16)(H,15,18). The third-order valence-electron chi connectivity index (χ3n) is 4.01. The van der Waals surface area contributed by atoms with E-state index >= 15 is 0 Å². The maximum absolute atomic E-state index is 12.4. The van der Waals surface area contributed by atoms with Gasteiger partial charge in [0.15, 0.2) is 5.84 Å². The number of likely N-dealkylation sites (N-methyl/N-ethyl adjacent to an activating group) is 1. The molecule has 0 aliphatic carbocycles. The topological polar surface area (TPSA) is 100 Å². The largest absolute Gasteiger partial charge is 0.409 e. The highest BCUT2D eigenvalue weighted by Crippen LogP contribution is 2.31. The van der Waals surface area contributed by atoms with Crippen LogP contribution in [0.15, 0.2) is 5.16 Å². The number of nitrogens with zero attached hydrogens (tertiary/aromatic N) is 2. The molecule has 0 radical (unpaired) electrons. The number of hydrogen-bond donors (Lipinski definition) is 3. The summed E-state index contributed by atoms with van der Waals surface area (Å²) in [5.74, 6) is -0.219. The molecule has 1 aliphatic heterocycles. The van der Waals surface area contributed by atoms with Gasteiger partial charge in [-0.25, -0.2) is 0 Å². The SMILES string of the molecule is CC(C)N(C)CCNC(=O)C1(C(N)=NO)CCOCC1. The number of nitrogens with two attached hydrogens (primary N) is 1. The van der Waals surface area contributed by atoms with Crippen molar-refractivity contribution in [1.82, 2.24) is 10.2 Å². The number of hydrogen-bond acceptors (Lipinski definition) is 5. The van der Waals surface area contributed by atoms with E-state index in [9.17, 15) is 4.79 Å². The van der Waals surface area contributed by atoms with Gasteiger partial charge >= 0.3 is 0 Å². The molecule has 0 atom stereocenters. The quantitative estimate of drug-likeness (QED) is 0.276. The molecular weight excluding hydrogens is 260 g/mol. The average Bonchev–Trinajstić information content (AvgIpc) is 2.46. The van der Waals surface area contributed by atoms with E-state index in [1.165, 1.54) is 0 Å². The minimum absolute atomic E-state index is 0.0319. The Labute approximate surface area is 120 Å². The third kappa shape index (κ3) is 3.83. The van der Waals surface area contributed by atoms with Crippen LogP contribution in [-0.4, -0.2) is 61.2 Å². The van der Waals surface area contributed by atoms with Gasteiger partial charge in [0.25, 0.3) is 0 Å². The summed E-state index contributed by atoms with van der Waals surface area (Å²) in [7, 11) is 2.00. The van der Waals surface area contributed by atoms with E-state index in [-0.39, 0.29) is 11.7 Å². The molecule has 1 saturated heterocycles. The van der Waals surface area contributed by atoms with Crippen LogP contribution in [0.5, 0.6) is 0 Å². The molecule has 0 aromatic rings. The average molecular weight is 286 g/mol. The van der Waals surface area contributed by atoms with Gasteiger partial charge in [-0.15, -0.1) is 0 Å². The second-order valence-electron chi connectivity index (χ2n) is 5.51. The summed E-state index contributed by atoms with van der Waals surface area (Å²) in [4.78, 5) is 14.6. The van der Waals surface area contributed by atoms with Crippen LogP contribution in [0, 0.1) is 5.41 Å². The first-order valence-electron chi connectivity index (χ1n) is 6.98. The summed E-state index contributed by atoms with van der Waals surface area (Å²) >= 11 is 0. The second-order valence-corrected chi connectivity index (χ2v) is 5.51. The van der Waals surface area contributed by atoms with Gasteiger partial charge in [0.2, 0.25) is 5.91 Å². The lowest BCUT2D eigenvalue weighted by atomic mass is 9.78. The number of rotatable bonds is 6. The van der Waals surface area contributed by atoms with E-state index in [1.54, 1.807) is 0 Å². The Morgan fingerprint density at radius 3 is 2.60 bits per heavy atom. The number of amidine groups is 1. The zero-order chi connectivity index (χ0) is 15.2. The van der Waals surface area contributed by atoms with Crippen molar-refractivity contribution in [3.8, 4) is 0 Å². The summed E-state index contributed by atoms with van der Waals surface area (Å²) in [6.45, 7) is 6.36. The van der Waals surface area contributed by atoms with Crippen molar-refractivity contribution >= 4 is 11.7 Å². The van der Waals surface area contributed by atoms with E-state index < -0.39 is 5.41 Å². The highest BCUT2D eigenvalue weighted by molar-refractivity contribution is 6.06. The number of nitrogens with one attached hydrogen (secondary N) is 1. The minimum atomic E-state index is -0.941. The second kappa shape index (κ2) is 7.44. The van der Waals surface area contributed by atoms with Crippen LogP contribution in [0.1, 0.15) is 26.7 Å². The first-order chi connectivity index (χ1) is 9.44. The molecule has 0 unspecified atom stereocenters. The van der Waals surface area contributed by atoms with Gasteiger partial charge in [0.05, 0.1) is 0 Å². The fourth-order valence-corrected chi connectivity index (χ4v) is 2.19. The van der Waals surface area contributed by atoms with Crippen molar-refractivity contribution in [2.45, 2.75) is 32.7 Å². The van der Waals surface area contributed by atoms with Crippen LogP contribution in [0.4, 0.5) is 0 Å². The Morgan fingerprint density at radius 2 is 2.10 bits per heavy atom. The molecular formula is C13H26N4O3. The summed E-state index contributed by atoms with van der Waals surface area (Å²) in [5.41, 5.74) is 4.80. The van der Waals surface area contributed by atoms with Gasteiger partial charge < -0.3 is 25.9 Å². The molecule has 4 N–H and O–H groups in total.